The minimum absolute atomic E-state index is 0.000796. The second kappa shape index (κ2) is 10.4. The Kier molecular flexibility index (Phi) is 7.36. The predicted octanol–water partition coefficient (Wildman–Crippen LogP) is 4.79. The number of hydrogen-bond donors (Lipinski definition) is 1. The van der Waals surface area contributed by atoms with Crippen LogP contribution in [0.2, 0.25) is 0 Å². The van der Waals surface area contributed by atoms with Crippen molar-refractivity contribution in [2.75, 3.05) is 26.2 Å². The fraction of sp³-hybridized carbons (Fsp3) is 0.577. The van der Waals surface area contributed by atoms with Gasteiger partial charge < -0.3 is 19.5 Å². The van der Waals surface area contributed by atoms with Gasteiger partial charge in [-0.15, -0.1) is 0 Å². The number of likely N-dealkylation sites (tertiary alicyclic amines) is 1. The summed E-state index contributed by atoms with van der Waals surface area (Å²) in [6.07, 6.45) is 7.16. The number of para-hydroxylation sites is 1. The van der Waals surface area contributed by atoms with Gasteiger partial charge in [0.1, 0.15) is 5.75 Å². The number of nitrogens with one attached hydrogen (secondary N) is 1. The Hall–Kier alpha value is -2.83. The maximum Gasteiger partial charge on any atom is 0.292 e. The number of aromatic nitrogens is 1. The van der Waals surface area contributed by atoms with Crippen LogP contribution in [-0.4, -0.2) is 48.1 Å². The lowest BCUT2D eigenvalue weighted by Crippen LogP contribution is -2.48. The zero-order valence-electron chi connectivity index (χ0n) is 19.8. The molecule has 7 nitrogen and oxygen atoms in total. The lowest BCUT2D eigenvalue weighted by atomic mass is 9.74. The molecular formula is C26H35N3O4. The molecule has 1 spiro atoms. The van der Waals surface area contributed by atoms with Crippen molar-refractivity contribution in [2.45, 2.75) is 64.7 Å². The molecule has 0 saturated carbocycles. The summed E-state index contributed by atoms with van der Waals surface area (Å²) < 4.78 is 11.2. The van der Waals surface area contributed by atoms with Crippen molar-refractivity contribution >= 4 is 11.8 Å². The van der Waals surface area contributed by atoms with Gasteiger partial charge >= 0.3 is 0 Å². The number of amides is 2. The number of piperidine rings is 1. The fourth-order valence-electron chi connectivity index (χ4n) is 4.80. The SMILES string of the molecule is CC(C)c1cc(C(=O)N2CCC3(CCCCCCOc4ccccc4C(=O)NC3)CC2)on1. The van der Waals surface area contributed by atoms with Crippen molar-refractivity contribution < 1.29 is 18.8 Å². The highest BCUT2D eigenvalue weighted by Gasteiger charge is 2.37. The molecule has 0 bridgehead atoms. The zero-order valence-corrected chi connectivity index (χ0v) is 19.8. The van der Waals surface area contributed by atoms with Gasteiger partial charge in [0.05, 0.1) is 17.9 Å². The topological polar surface area (TPSA) is 84.7 Å². The Morgan fingerprint density at radius 2 is 1.85 bits per heavy atom. The van der Waals surface area contributed by atoms with Crippen LogP contribution in [0, 0.1) is 5.41 Å². The average Bonchev–Trinajstić information content (AvgIpc) is 3.33. The Labute approximate surface area is 195 Å². The van der Waals surface area contributed by atoms with Gasteiger partial charge in [0.2, 0.25) is 5.76 Å². The van der Waals surface area contributed by atoms with Crippen molar-refractivity contribution in [3.63, 3.8) is 0 Å². The Morgan fingerprint density at radius 1 is 1.09 bits per heavy atom. The average molecular weight is 454 g/mol. The highest BCUT2D eigenvalue weighted by atomic mass is 16.5. The van der Waals surface area contributed by atoms with E-state index in [-0.39, 0.29) is 23.1 Å². The highest BCUT2D eigenvalue weighted by Crippen LogP contribution is 2.37. The molecule has 3 heterocycles. The molecule has 1 fully saturated rings. The maximum absolute atomic E-state index is 13.0. The largest absolute Gasteiger partial charge is 0.493 e. The van der Waals surface area contributed by atoms with E-state index in [9.17, 15) is 9.59 Å². The third-order valence-corrected chi connectivity index (χ3v) is 7.06. The molecule has 7 heteroatoms. The number of carbonyl (C=O) groups excluding carboxylic acids is 2. The van der Waals surface area contributed by atoms with Crippen LogP contribution in [0.5, 0.6) is 5.75 Å². The molecule has 1 aromatic heterocycles. The van der Waals surface area contributed by atoms with E-state index in [1.165, 1.54) is 0 Å². The molecule has 2 amide bonds. The summed E-state index contributed by atoms with van der Waals surface area (Å²) in [4.78, 5) is 27.8. The first-order valence-electron chi connectivity index (χ1n) is 12.2. The molecule has 0 radical (unpaired) electrons. The van der Waals surface area contributed by atoms with Crippen molar-refractivity contribution in [3.05, 3.63) is 47.3 Å². The van der Waals surface area contributed by atoms with Crippen molar-refractivity contribution in [3.8, 4) is 5.75 Å². The minimum atomic E-state index is -0.0935. The number of benzene rings is 1. The van der Waals surface area contributed by atoms with Crippen LogP contribution >= 0.6 is 0 Å². The van der Waals surface area contributed by atoms with Crippen LogP contribution in [0.4, 0.5) is 0 Å². The monoisotopic (exact) mass is 453 g/mol. The fourth-order valence-corrected chi connectivity index (χ4v) is 4.80. The molecule has 1 aromatic carbocycles. The van der Waals surface area contributed by atoms with Crippen molar-refractivity contribution in [1.29, 1.82) is 0 Å². The van der Waals surface area contributed by atoms with E-state index >= 15 is 0 Å². The second-order valence-corrected chi connectivity index (χ2v) is 9.75. The normalized spacial score (nSPS) is 19.6. The van der Waals surface area contributed by atoms with Gasteiger partial charge in [0.15, 0.2) is 0 Å². The summed E-state index contributed by atoms with van der Waals surface area (Å²) in [6, 6.07) is 9.21. The summed E-state index contributed by atoms with van der Waals surface area (Å²) in [7, 11) is 0. The molecular weight excluding hydrogens is 418 g/mol. The number of rotatable bonds is 2. The minimum Gasteiger partial charge on any atom is -0.493 e. The van der Waals surface area contributed by atoms with Gasteiger partial charge in [-0.05, 0) is 49.1 Å². The number of nitrogens with zero attached hydrogens (tertiary/aromatic N) is 2. The van der Waals surface area contributed by atoms with Crippen LogP contribution in [-0.2, 0) is 0 Å². The molecule has 4 rings (SSSR count). The molecule has 0 unspecified atom stereocenters. The maximum atomic E-state index is 13.0. The summed E-state index contributed by atoms with van der Waals surface area (Å²) >= 11 is 0. The van der Waals surface area contributed by atoms with Crippen molar-refractivity contribution in [2.24, 2.45) is 5.41 Å². The molecule has 2 aromatic rings. The van der Waals surface area contributed by atoms with E-state index < -0.39 is 0 Å². The van der Waals surface area contributed by atoms with E-state index in [0.717, 1.165) is 50.6 Å². The van der Waals surface area contributed by atoms with Crippen molar-refractivity contribution in [1.82, 2.24) is 15.4 Å². The summed E-state index contributed by atoms with van der Waals surface area (Å²) in [5.74, 6) is 1.00. The molecule has 33 heavy (non-hydrogen) atoms. The zero-order chi connectivity index (χ0) is 23.3. The van der Waals surface area contributed by atoms with Gasteiger partial charge in [-0.1, -0.05) is 50.4 Å². The molecule has 0 aliphatic carbocycles. The Morgan fingerprint density at radius 3 is 2.61 bits per heavy atom. The standard InChI is InChI=1S/C26H35N3O4/c1-19(2)21-17-23(33-28-21)25(31)29-14-12-26(13-15-29)11-7-3-4-8-16-32-22-10-6-5-9-20(22)24(30)27-18-26/h5-6,9-10,17,19H,3-4,7-8,11-16,18H2,1-2H3,(H,27,30). The van der Waals surface area contributed by atoms with Gasteiger partial charge in [0.25, 0.3) is 11.8 Å². The van der Waals surface area contributed by atoms with Crippen LogP contribution < -0.4 is 10.1 Å². The summed E-state index contributed by atoms with van der Waals surface area (Å²) in [5, 5.41) is 7.21. The third-order valence-electron chi connectivity index (χ3n) is 7.06. The van der Waals surface area contributed by atoms with E-state index in [0.29, 0.717) is 43.3 Å². The Bertz CT molecular complexity index is 960. The predicted molar refractivity (Wildman–Crippen MR) is 126 cm³/mol. The first-order chi connectivity index (χ1) is 16.0. The number of ether oxygens (including phenoxy) is 1. The van der Waals surface area contributed by atoms with Crippen LogP contribution in [0.25, 0.3) is 0 Å². The number of hydrogen-bond acceptors (Lipinski definition) is 5. The van der Waals surface area contributed by atoms with Crippen LogP contribution in [0.3, 0.4) is 0 Å². The lowest BCUT2D eigenvalue weighted by molar-refractivity contribution is 0.0502. The van der Waals surface area contributed by atoms with Crippen LogP contribution in [0.1, 0.15) is 91.3 Å². The summed E-state index contributed by atoms with van der Waals surface area (Å²) in [5.41, 5.74) is 1.39. The molecule has 178 valence electrons. The lowest BCUT2D eigenvalue weighted by Gasteiger charge is -2.42. The highest BCUT2D eigenvalue weighted by molar-refractivity contribution is 5.97. The smallest absolute Gasteiger partial charge is 0.292 e. The quantitative estimate of drug-likeness (QED) is 0.706. The van der Waals surface area contributed by atoms with Crippen LogP contribution in [0.15, 0.2) is 34.9 Å². The first kappa shape index (κ1) is 23.3. The molecule has 1 N–H and O–H groups in total. The molecule has 0 atom stereocenters. The third kappa shape index (κ3) is 5.57. The molecule has 2 aliphatic heterocycles. The van der Waals surface area contributed by atoms with E-state index in [2.05, 4.69) is 10.5 Å². The van der Waals surface area contributed by atoms with E-state index in [1.807, 2.05) is 43.0 Å². The molecule has 1 saturated heterocycles. The van der Waals surface area contributed by atoms with E-state index in [1.54, 1.807) is 6.07 Å². The van der Waals surface area contributed by atoms with Gasteiger partial charge in [0, 0.05) is 25.7 Å². The summed E-state index contributed by atoms with van der Waals surface area (Å²) in [6.45, 7) is 6.62. The molecule has 2 aliphatic rings. The first-order valence-corrected chi connectivity index (χ1v) is 12.2. The van der Waals surface area contributed by atoms with E-state index in [4.69, 9.17) is 9.26 Å². The number of carbonyl (C=O) groups is 2. The second-order valence-electron chi connectivity index (χ2n) is 9.75. The van der Waals surface area contributed by atoms with Gasteiger partial charge in [-0.3, -0.25) is 9.59 Å². The number of fused-ring (bicyclic) bond motifs is 1. The van der Waals surface area contributed by atoms with Gasteiger partial charge in [-0.25, -0.2) is 0 Å². The Balaban J connectivity index is 1.43. The van der Waals surface area contributed by atoms with Gasteiger partial charge in [-0.2, -0.15) is 0 Å².